The van der Waals surface area contributed by atoms with Crippen molar-refractivity contribution in [3.63, 3.8) is 0 Å². The van der Waals surface area contributed by atoms with Gasteiger partial charge in [0.2, 0.25) is 0 Å². The average Bonchev–Trinajstić information content (AvgIpc) is 3.67. The molecule has 0 unspecified atom stereocenters. The van der Waals surface area contributed by atoms with Gasteiger partial charge in [0.25, 0.3) is 0 Å². The van der Waals surface area contributed by atoms with E-state index in [-0.39, 0.29) is 68.8 Å². The zero-order chi connectivity index (χ0) is 39.0. The lowest BCUT2D eigenvalue weighted by Crippen LogP contribution is -2.47. The number of rotatable bonds is 21. The molecule has 3 aromatic rings. The maximum atomic E-state index is 15.7. The molecule has 54 heavy (non-hydrogen) atoms. The molecule has 1 fully saturated rings. The van der Waals surface area contributed by atoms with Crippen LogP contribution < -0.4 is 0 Å². The summed E-state index contributed by atoms with van der Waals surface area (Å²) in [6.07, 6.45) is 10.9. The molecule has 0 amide bonds. The van der Waals surface area contributed by atoms with Crippen molar-refractivity contribution in [1.82, 2.24) is 14.8 Å². The molecular formula is C37H40F3N4O8PS. The molecule has 288 valence electrons. The highest BCUT2D eigenvalue weighted by molar-refractivity contribution is 8.00. The van der Waals surface area contributed by atoms with Gasteiger partial charge in [0.15, 0.2) is 11.9 Å². The van der Waals surface area contributed by atoms with E-state index >= 15 is 4.39 Å². The number of hydrogen-bond donors (Lipinski definition) is 0. The number of phosphoric acid groups is 1. The summed E-state index contributed by atoms with van der Waals surface area (Å²) in [6.45, 7) is 8.58. The highest BCUT2D eigenvalue weighted by Crippen LogP contribution is 2.49. The van der Waals surface area contributed by atoms with Gasteiger partial charge in [-0.15, -0.1) is 24.9 Å². The maximum absolute atomic E-state index is 15.7. The largest absolute Gasteiger partial charge is 0.475 e. The number of benzene rings is 2. The topological polar surface area (TPSA) is 144 Å². The number of phosphoric ester groups is 1. The molecule has 0 N–H and O–H groups in total. The first-order chi connectivity index (χ1) is 26.0. The van der Waals surface area contributed by atoms with E-state index in [1.54, 1.807) is 31.2 Å². The van der Waals surface area contributed by atoms with Crippen molar-refractivity contribution in [3.8, 4) is 6.07 Å². The van der Waals surface area contributed by atoms with Gasteiger partial charge in [0, 0.05) is 28.9 Å². The van der Waals surface area contributed by atoms with Gasteiger partial charge in [-0.05, 0) is 43.7 Å². The van der Waals surface area contributed by atoms with Crippen LogP contribution in [0.4, 0.5) is 13.2 Å². The Balaban J connectivity index is 1.46. The smallest absolute Gasteiger partial charge is 0.451 e. The first kappa shape index (κ1) is 42.4. The van der Waals surface area contributed by atoms with Crippen molar-refractivity contribution in [3.05, 3.63) is 127 Å². The fraction of sp³-hybridized carbons (Fsp3) is 0.351. The number of allylic oxidation sites excluding steroid dienone is 2. The molecule has 0 bridgehead atoms. The zero-order valence-electron chi connectivity index (χ0n) is 29.4. The van der Waals surface area contributed by atoms with Crippen LogP contribution in [-0.2, 0) is 49.3 Å². The predicted molar refractivity (Wildman–Crippen MR) is 195 cm³/mol. The van der Waals surface area contributed by atoms with E-state index in [1.807, 2.05) is 6.07 Å². The standard InChI is InChI=1S/C37H40F3N4O8PS/c1-4-16-49-53(46,50-17-5-2)51-18-8-10-35(45)52-37(24-44-26-42-25-43-44,32-15-14-30(38)20-34(32)40)27(3)54-31-22-47-36(48-23-31)11-7-6-9-29-13-12-28(21-41)19-33(29)39/h4-7,9,11-15,19-20,25-27,31,36H,1-2,8,10,16-18,22-24H2,3H3/t27-,31-,36-,37-/m1/s1. The molecule has 1 aliphatic rings. The van der Waals surface area contributed by atoms with E-state index in [2.05, 4.69) is 23.2 Å². The van der Waals surface area contributed by atoms with Crippen molar-refractivity contribution >= 4 is 31.6 Å². The summed E-state index contributed by atoms with van der Waals surface area (Å²) in [4.78, 5) is 17.5. The Labute approximate surface area is 315 Å². The van der Waals surface area contributed by atoms with Crippen LogP contribution in [0.15, 0.2) is 92.6 Å². The van der Waals surface area contributed by atoms with Gasteiger partial charge >= 0.3 is 13.8 Å². The number of aromatic nitrogens is 3. The number of nitriles is 1. The van der Waals surface area contributed by atoms with Crippen LogP contribution in [0.3, 0.4) is 0 Å². The lowest BCUT2D eigenvalue weighted by molar-refractivity contribution is -0.164. The molecule has 17 heteroatoms. The maximum Gasteiger partial charge on any atom is 0.475 e. The second-order valence-corrected chi connectivity index (χ2v) is 15.0. The van der Waals surface area contributed by atoms with Gasteiger partial charge in [-0.1, -0.05) is 36.4 Å². The molecule has 1 aromatic heterocycles. The number of hydrogen-bond acceptors (Lipinski definition) is 12. The first-order valence-corrected chi connectivity index (χ1v) is 19.1. The van der Waals surface area contributed by atoms with Crippen molar-refractivity contribution in [2.24, 2.45) is 0 Å². The summed E-state index contributed by atoms with van der Waals surface area (Å²) in [7, 11) is -3.97. The molecule has 2 aromatic carbocycles. The number of nitrogens with zero attached hydrogens (tertiary/aromatic N) is 4. The van der Waals surface area contributed by atoms with Crippen LogP contribution in [0, 0.1) is 28.8 Å². The van der Waals surface area contributed by atoms with Gasteiger partial charge < -0.3 is 14.2 Å². The van der Waals surface area contributed by atoms with Gasteiger partial charge in [-0.25, -0.2) is 27.4 Å². The molecule has 4 rings (SSSR count). The highest BCUT2D eigenvalue weighted by atomic mass is 32.2. The number of carbonyl (C=O) groups is 1. The molecule has 0 radical (unpaired) electrons. The van der Waals surface area contributed by atoms with E-state index < -0.39 is 48.4 Å². The molecule has 0 saturated carbocycles. The second kappa shape index (κ2) is 20.9. The van der Waals surface area contributed by atoms with Crippen LogP contribution in [0.1, 0.15) is 36.5 Å². The van der Waals surface area contributed by atoms with Crippen LogP contribution in [-0.4, -0.2) is 70.6 Å². The Bertz CT molecular complexity index is 1850. The Hall–Kier alpha value is -4.33. The van der Waals surface area contributed by atoms with E-state index in [0.717, 1.165) is 12.1 Å². The van der Waals surface area contributed by atoms with E-state index in [0.29, 0.717) is 11.6 Å². The molecule has 12 nitrogen and oxygen atoms in total. The first-order valence-electron chi connectivity index (χ1n) is 16.7. The Morgan fingerprint density at radius 2 is 1.85 bits per heavy atom. The Kier molecular flexibility index (Phi) is 16.4. The summed E-state index contributed by atoms with van der Waals surface area (Å²) in [5, 5.41) is 12.1. The lowest BCUT2D eigenvalue weighted by atomic mass is 9.89. The number of thioether (sulfide) groups is 1. The van der Waals surface area contributed by atoms with Crippen molar-refractivity contribution < 1.29 is 50.3 Å². The minimum absolute atomic E-state index is 0.0291. The number of halogens is 3. The van der Waals surface area contributed by atoms with Crippen molar-refractivity contribution in [2.75, 3.05) is 33.0 Å². The summed E-state index contributed by atoms with van der Waals surface area (Å²) in [5.41, 5.74) is -1.30. The normalized spacial score (nSPS) is 17.9. The summed E-state index contributed by atoms with van der Waals surface area (Å²) in [6, 6.07) is 9.08. The number of esters is 1. The predicted octanol–water partition coefficient (Wildman–Crippen LogP) is 7.45. The van der Waals surface area contributed by atoms with Gasteiger partial charge in [-0.3, -0.25) is 18.4 Å². The fourth-order valence-corrected chi connectivity index (χ4v) is 7.69. The van der Waals surface area contributed by atoms with Crippen LogP contribution in [0.25, 0.3) is 6.08 Å². The van der Waals surface area contributed by atoms with Gasteiger partial charge in [0.05, 0.1) is 56.5 Å². The molecule has 1 saturated heterocycles. The SMILES string of the molecule is C=CCOP(=O)(OCC=C)OCCCC(=O)O[C@@](Cn1cncn1)(c1ccc(F)cc1F)[C@@H](C)S[C@H]1CO[C@H](C=CC=Cc2ccc(C#N)cc2F)OC1. The zero-order valence-corrected chi connectivity index (χ0v) is 31.1. The summed E-state index contributed by atoms with van der Waals surface area (Å²) in [5.74, 6) is -3.03. The monoisotopic (exact) mass is 788 g/mol. The quantitative estimate of drug-likeness (QED) is 0.0348. The fourth-order valence-electron chi connectivity index (χ4n) is 5.17. The minimum atomic E-state index is -3.97. The molecule has 2 atom stereocenters. The molecular weight excluding hydrogens is 748 g/mol. The van der Waals surface area contributed by atoms with Crippen molar-refractivity contribution in [1.29, 1.82) is 5.26 Å². The van der Waals surface area contributed by atoms with Crippen LogP contribution in [0.2, 0.25) is 0 Å². The second-order valence-electron chi connectivity index (χ2n) is 11.7. The molecule has 0 aliphatic carbocycles. The Morgan fingerprint density at radius 1 is 1.11 bits per heavy atom. The summed E-state index contributed by atoms with van der Waals surface area (Å²) < 4.78 is 91.9. The van der Waals surface area contributed by atoms with Crippen LogP contribution >= 0.6 is 19.6 Å². The van der Waals surface area contributed by atoms with Gasteiger partial charge in [0.1, 0.15) is 30.1 Å². The third-order valence-electron chi connectivity index (χ3n) is 7.75. The highest BCUT2D eigenvalue weighted by Gasteiger charge is 2.46. The summed E-state index contributed by atoms with van der Waals surface area (Å²) >= 11 is 1.32. The van der Waals surface area contributed by atoms with Crippen molar-refractivity contribution in [2.45, 2.75) is 48.7 Å². The molecule has 1 aliphatic heterocycles. The number of carbonyl (C=O) groups excluding carboxylic acids is 1. The van der Waals surface area contributed by atoms with Crippen LogP contribution in [0.5, 0.6) is 0 Å². The molecule has 0 spiro atoms. The third-order valence-corrected chi connectivity index (χ3v) is 10.6. The van der Waals surface area contributed by atoms with E-state index in [4.69, 9.17) is 33.0 Å². The third kappa shape index (κ3) is 12.4. The van der Waals surface area contributed by atoms with E-state index in [1.165, 1.54) is 59.4 Å². The minimum Gasteiger partial charge on any atom is -0.451 e. The molecule has 2 heterocycles. The number of ether oxygens (including phenoxy) is 3. The average molecular weight is 789 g/mol. The van der Waals surface area contributed by atoms with Gasteiger partial charge in [-0.2, -0.15) is 10.4 Å². The lowest BCUT2D eigenvalue weighted by Gasteiger charge is -2.40. The van der Waals surface area contributed by atoms with E-state index in [9.17, 15) is 18.1 Å². The Morgan fingerprint density at radius 3 is 2.48 bits per heavy atom.